The molecule has 0 aromatic carbocycles. The van der Waals surface area contributed by atoms with Gasteiger partial charge in [-0.2, -0.15) is 0 Å². The van der Waals surface area contributed by atoms with Gasteiger partial charge in [-0.15, -0.1) is 0 Å². The Morgan fingerprint density at radius 2 is 1.55 bits per heavy atom. The largest absolute Gasteiger partial charge is 0.381 e. The minimum Gasteiger partial charge on any atom is -0.381 e. The third-order valence-corrected chi connectivity index (χ3v) is 4.98. The van der Waals surface area contributed by atoms with Crippen molar-refractivity contribution in [1.82, 2.24) is 0 Å². The maximum absolute atomic E-state index is 6.32. The second-order valence-corrected chi connectivity index (χ2v) is 8.23. The lowest BCUT2D eigenvalue weighted by molar-refractivity contribution is -0.182. The Balaban J connectivity index is 1.91. The zero-order valence-electron chi connectivity index (χ0n) is 13.9. The van der Waals surface area contributed by atoms with Gasteiger partial charge in [0.05, 0.1) is 25.4 Å². The Labute approximate surface area is 124 Å². The summed E-state index contributed by atoms with van der Waals surface area (Å²) in [5.41, 5.74) is 0.457. The van der Waals surface area contributed by atoms with Crippen molar-refractivity contribution in [3.05, 3.63) is 0 Å². The highest BCUT2D eigenvalue weighted by Crippen LogP contribution is 2.40. The van der Waals surface area contributed by atoms with E-state index >= 15 is 0 Å². The molecule has 2 aliphatic rings. The quantitative estimate of drug-likeness (QED) is 0.791. The molecule has 0 bridgehead atoms. The summed E-state index contributed by atoms with van der Waals surface area (Å²) >= 11 is 0. The fourth-order valence-electron chi connectivity index (χ4n) is 3.41. The van der Waals surface area contributed by atoms with Gasteiger partial charge < -0.3 is 14.2 Å². The van der Waals surface area contributed by atoms with Crippen LogP contribution in [0.2, 0.25) is 0 Å². The normalized spacial score (nSPS) is 30.4. The summed E-state index contributed by atoms with van der Waals surface area (Å²) < 4.78 is 17.6. The molecule has 0 aliphatic carbocycles. The van der Waals surface area contributed by atoms with E-state index in [2.05, 4.69) is 34.6 Å². The summed E-state index contributed by atoms with van der Waals surface area (Å²) in [6.07, 6.45) is 3.91. The first-order valence-electron chi connectivity index (χ1n) is 8.10. The second kappa shape index (κ2) is 6.33. The molecule has 2 fully saturated rings. The van der Waals surface area contributed by atoms with Crippen LogP contribution in [-0.4, -0.2) is 38.6 Å². The van der Waals surface area contributed by atoms with Gasteiger partial charge >= 0.3 is 0 Å². The fourth-order valence-corrected chi connectivity index (χ4v) is 3.41. The lowest BCUT2D eigenvalue weighted by Crippen LogP contribution is -2.45. The summed E-state index contributed by atoms with van der Waals surface area (Å²) in [5.74, 6) is 0.745. The molecule has 118 valence electrons. The highest BCUT2D eigenvalue weighted by atomic mass is 16.6. The number of hydrogen-bond donors (Lipinski definition) is 0. The Hall–Kier alpha value is -0.120. The Morgan fingerprint density at radius 3 is 2.15 bits per heavy atom. The van der Waals surface area contributed by atoms with Crippen LogP contribution < -0.4 is 0 Å². The van der Waals surface area contributed by atoms with E-state index in [-0.39, 0.29) is 17.6 Å². The first-order chi connectivity index (χ1) is 9.29. The monoisotopic (exact) mass is 284 g/mol. The number of ether oxygens (including phenoxy) is 3. The molecule has 0 radical (unpaired) electrons. The third-order valence-electron chi connectivity index (χ3n) is 4.98. The van der Waals surface area contributed by atoms with Gasteiger partial charge in [-0.25, -0.2) is 0 Å². The van der Waals surface area contributed by atoms with E-state index in [1.165, 1.54) is 12.8 Å². The summed E-state index contributed by atoms with van der Waals surface area (Å²) in [6.45, 7) is 14.8. The molecular formula is C17H32O3. The molecule has 0 spiro atoms. The first kappa shape index (κ1) is 16.3. The predicted molar refractivity (Wildman–Crippen MR) is 80.9 cm³/mol. The predicted octanol–water partition coefficient (Wildman–Crippen LogP) is 3.66. The summed E-state index contributed by atoms with van der Waals surface area (Å²) in [7, 11) is 0. The van der Waals surface area contributed by atoms with Gasteiger partial charge in [0, 0.05) is 13.2 Å². The SMILES string of the molecule is CC(C)(C)C1COCC(CC(C)(C)C2CCOCC2)O1. The van der Waals surface area contributed by atoms with Crippen molar-refractivity contribution in [3.63, 3.8) is 0 Å². The van der Waals surface area contributed by atoms with E-state index in [4.69, 9.17) is 14.2 Å². The Morgan fingerprint density at radius 1 is 0.900 bits per heavy atom. The topological polar surface area (TPSA) is 27.7 Å². The smallest absolute Gasteiger partial charge is 0.0861 e. The van der Waals surface area contributed by atoms with Gasteiger partial charge in [0.2, 0.25) is 0 Å². The average Bonchev–Trinajstić information content (AvgIpc) is 2.38. The van der Waals surface area contributed by atoms with Crippen LogP contribution in [0.15, 0.2) is 0 Å². The van der Waals surface area contributed by atoms with Gasteiger partial charge in [0.15, 0.2) is 0 Å². The minimum atomic E-state index is 0.154. The molecular weight excluding hydrogens is 252 g/mol. The minimum absolute atomic E-state index is 0.154. The van der Waals surface area contributed by atoms with Crippen LogP contribution in [0.4, 0.5) is 0 Å². The molecule has 2 heterocycles. The third kappa shape index (κ3) is 4.19. The van der Waals surface area contributed by atoms with E-state index < -0.39 is 0 Å². The number of rotatable bonds is 3. The van der Waals surface area contributed by atoms with E-state index in [0.717, 1.165) is 38.8 Å². The zero-order valence-corrected chi connectivity index (χ0v) is 13.9. The lowest BCUT2D eigenvalue weighted by Gasteiger charge is -2.43. The van der Waals surface area contributed by atoms with Crippen molar-refractivity contribution in [2.24, 2.45) is 16.7 Å². The molecule has 2 unspecified atom stereocenters. The van der Waals surface area contributed by atoms with Crippen molar-refractivity contribution in [3.8, 4) is 0 Å². The summed E-state index contributed by atoms with van der Waals surface area (Å²) in [4.78, 5) is 0. The van der Waals surface area contributed by atoms with Gasteiger partial charge in [-0.05, 0) is 36.0 Å². The fraction of sp³-hybridized carbons (Fsp3) is 1.00. The standard InChI is InChI=1S/C17H32O3/c1-16(2,3)15-12-19-11-14(20-15)10-17(4,5)13-6-8-18-9-7-13/h13-15H,6-12H2,1-5H3. The Kier molecular flexibility index (Phi) is 5.14. The molecule has 20 heavy (non-hydrogen) atoms. The molecule has 2 atom stereocenters. The van der Waals surface area contributed by atoms with E-state index in [1.807, 2.05) is 0 Å². The van der Waals surface area contributed by atoms with Crippen LogP contribution in [0.25, 0.3) is 0 Å². The van der Waals surface area contributed by atoms with Crippen LogP contribution in [0.1, 0.15) is 53.9 Å². The molecule has 0 saturated carbocycles. The molecule has 2 rings (SSSR count). The van der Waals surface area contributed by atoms with E-state index in [0.29, 0.717) is 5.41 Å². The molecule has 0 N–H and O–H groups in total. The highest BCUT2D eigenvalue weighted by Gasteiger charge is 2.38. The van der Waals surface area contributed by atoms with E-state index in [9.17, 15) is 0 Å². The van der Waals surface area contributed by atoms with Gasteiger partial charge in [-0.1, -0.05) is 34.6 Å². The van der Waals surface area contributed by atoms with E-state index in [1.54, 1.807) is 0 Å². The van der Waals surface area contributed by atoms with Crippen LogP contribution in [-0.2, 0) is 14.2 Å². The van der Waals surface area contributed by atoms with Crippen molar-refractivity contribution < 1.29 is 14.2 Å². The molecule has 3 heteroatoms. The van der Waals surface area contributed by atoms with Gasteiger partial charge in [-0.3, -0.25) is 0 Å². The van der Waals surface area contributed by atoms with Crippen LogP contribution in [0.5, 0.6) is 0 Å². The van der Waals surface area contributed by atoms with Gasteiger partial charge in [0.1, 0.15) is 0 Å². The van der Waals surface area contributed by atoms with Crippen molar-refractivity contribution >= 4 is 0 Å². The average molecular weight is 284 g/mol. The maximum atomic E-state index is 6.32. The van der Waals surface area contributed by atoms with Crippen molar-refractivity contribution in [2.45, 2.75) is 66.1 Å². The van der Waals surface area contributed by atoms with Crippen molar-refractivity contribution in [2.75, 3.05) is 26.4 Å². The van der Waals surface area contributed by atoms with Crippen LogP contribution >= 0.6 is 0 Å². The molecule has 0 aromatic heterocycles. The van der Waals surface area contributed by atoms with Crippen LogP contribution in [0.3, 0.4) is 0 Å². The first-order valence-corrected chi connectivity index (χ1v) is 8.10. The lowest BCUT2D eigenvalue weighted by atomic mass is 9.71. The molecule has 0 amide bonds. The van der Waals surface area contributed by atoms with Gasteiger partial charge in [0.25, 0.3) is 0 Å². The summed E-state index contributed by atoms with van der Waals surface area (Å²) in [5, 5.41) is 0. The van der Waals surface area contributed by atoms with Crippen molar-refractivity contribution in [1.29, 1.82) is 0 Å². The molecule has 2 aliphatic heterocycles. The summed E-state index contributed by atoms with van der Waals surface area (Å²) in [6, 6.07) is 0. The Bertz CT molecular complexity index is 300. The number of hydrogen-bond acceptors (Lipinski definition) is 3. The zero-order chi connectivity index (χ0) is 14.8. The molecule has 0 aromatic rings. The maximum Gasteiger partial charge on any atom is 0.0861 e. The highest BCUT2D eigenvalue weighted by molar-refractivity contribution is 4.86. The van der Waals surface area contributed by atoms with Crippen LogP contribution in [0, 0.1) is 16.7 Å². The molecule has 3 nitrogen and oxygen atoms in total. The molecule has 2 saturated heterocycles. The second-order valence-electron chi connectivity index (χ2n) is 8.23.